The third-order valence-electron chi connectivity index (χ3n) is 1.63. The molecule has 0 aromatic heterocycles. The fourth-order valence-corrected chi connectivity index (χ4v) is 3.46. The fourth-order valence-electron chi connectivity index (χ4n) is 1.15. The van der Waals surface area contributed by atoms with E-state index in [1.807, 2.05) is 0 Å². The smallest absolute Gasteiger partial charge is 0.127 e. The summed E-state index contributed by atoms with van der Waals surface area (Å²) in [6, 6.07) is 0. The van der Waals surface area contributed by atoms with Crippen molar-refractivity contribution in [2.45, 2.75) is 38.8 Å². The van der Waals surface area contributed by atoms with Crippen molar-refractivity contribution in [3.63, 3.8) is 0 Å². The van der Waals surface area contributed by atoms with E-state index in [0.717, 1.165) is 11.1 Å². The number of rotatable bonds is 2. The van der Waals surface area contributed by atoms with E-state index in [-0.39, 0.29) is 0 Å². The lowest BCUT2D eigenvalue weighted by Gasteiger charge is -2.15. The van der Waals surface area contributed by atoms with Gasteiger partial charge in [-0.25, -0.2) is 0 Å². The summed E-state index contributed by atoms with van der Waals surface area (Å²) >= 11 is 0. The summed E-state index contributed by atoms with van der Waals surface area (Å²) in [7, 11) is -0.832. The zero-order valence-corrected chi connectivity index (χ0v) is 7.96. The summed E-state index contributed by atoms with van der Waals surface area (Å²) in [6.45, 7) is 8.93. The van der Waals surface area contributed by atoms with Gasteiger partial charge in [0.1, 0.15) is 8.80 Å². The molecule has 0 aromatic carbocycles. The Morgan fingerprint density at radius 3 is 1.44 bits per heavy atom. The van der Waals surface area contributed by atoms with Crippen LogP contribution in [-0.2, 0) is 0 Å². The minimum atomic E-state index is -0.832. The molecule has 0 amide bonds. The minimum Gasteiger partial charge on any atom is -0.138 e. The monoisotopic (exact) mass is 140 g/mol. The maximum Gasteiger partial charge on any atom is 0.127 e. The van der Waals surface area contributed by atoms with E-state index in [1.54, 1.807) is 0 Å². The largest absolute Gasteiger partial charge is 0.138 e. The summed E-state index contributed by atoms with van der Waals surface area (Å²) in [5.74, 6) is 0. The lowest BCUT2D eigenvalue weighted by atomic mass is 10.5. The molecule has 0 aliphatic rings. The standard InChI is InChI=1S/C8H16Si/c1-6-9(7(2)3)8(4)5/h1,7-9H,2-5H3. The van der Waals surface area contributed by atoms with E-state index in [2.05, 4.69) is 33.2 Å². The second-order valence-corrected chi connectivity index (χ2v) is 7.23. The first-order chi connectivity index (χ1) is 4.09. The van der Waals surface area contributed by atoms with Gasteiger partial charge in [0.05, 0.1) is 0 Å². The van der Waals surface area contributed by atoms with E-state index >= 15 is 0 Å². The average Bonchev–Trinajstić information content (AvgIpc) is 1.64. The average molecular weight is 140 g/mol. The zero-order valence-electron chi connectivity index (χ0n) is 6.81. The highest BCUT2D eigenvalue weighted by Gasteiger charge is 2.15. The normalized spacial score (nSPS) is 10.9. The van der Waals surface area contributed by atoms with Crippen molar-refractivity contribution in [2.24, 2.45) is 0 Å². The quantitative estimate of drug-likeness (QED) is 0.407. The maximum absolute atomic E-state index is 5.39. The van der Waals surface area contributed by atoms with Gasteiger partial charge in [-0.05, 0) is 11.1 Å². The molecule has 0 radical (unpaired) electrons. The summed E-state index contributed by atoms with van der Waals surface area (Å²) in [5, 5.41) is 0. The zero-order chi connectivity index (χ0) is 7.44. The molecule has 0 aliphatic heterocycles. The van der Waals surface area contributed by atoms with Gasteiger partial charge in [-0.15, -0.1) is 12.0 Å². The van der Waals surface area contributed by atoms with Gasteiger partial charge in [-0.1, -0.05) is 27.7 Å². The van der Waals surface area contributed by atoms with E-state index in [1.165, 1.54) is 0 Å². The van der Waals surface area contributed by atoms with Crippen LogP contribution in [0.4, 0.5) is 0 Å². The molecule has 0 atom stereocenters. The molecule has 0 aromatic rings. The molecule has 0 unspecified atom stereocenters. The van der Waals surface area contributed by atoms with Crippen molar-refractivity contribution in [1.82, 2.24) is 0 Å². The molecule has 52 valence electrons. The van der Waals surface area contributed by atoms with Gasteiger partial charge in [-0.2, -0.15) is 0 Å². The first-order valence-electron chi connectivity index (χ1n) is 3.55. The molecule has 0 saturated heterocycles. The number of hydrogen-bond donors (Lipinski definition) is 0. The van der Waals surface area contributed by atoms with Crippen LogP contribution in [0.2, 0.25) is 11.1 Å². The summed E-state index contributed by atoms with van der Waals surface area (Å²) < 4.78 is 0. The Kier molecular flexibility index (Phi) is 3.64. The summed E-state index contributed by atoms with van der Waals surface area (Å²) in [5.41, 5.74) is 4.46. The molecule has 0 spiro atoms. The first kappa shape index (κ1) is 8.78. The Balaban J connectivity index is 3.87. The lowest BCUT2D eigenvalue weighted by molar-refractivity contribution is 0.954. The van der Waals surface area contributed by atoms with E-state index < -0.39 is 8.80 Å². The Morgan fingerprint density at radius 2 is 1.44 bits per heavy atom. The van der Waals surface area contributed by atoms with Crippen molar-refractivity contribution >= 4 is 8.80 Å². The second-order valence-electron chi connectivity index (χ2n) is 3.18. The van der Waals surface area contributed by atoms with Crippen molar-refractivity contribution in [3.8, 4) is 12.0 Å². The SMILES string of the molecule is C#C[SiH](C(C)C)C(C)C. The highest BCUT2D eigenvalue weighted by molar-refractivity contribution is 6.70. The van der Waals surface area contributed by atoms with Crippen LogP contribution in [0.3, 0.4) is 0 Å². The third-order valence-corrected chi connectivity index (χ3v) is 4.89. The minimum absolute atomic E-state index is 0.759. The molecule has 9 heavy (non-hydrogen) atoms. The van der Waals surface area contributed by atoms with Crippen molar-refractivity contribution in [2.75, 3.05) is 0 Å². The van der Waals surface area contributed by atoms with Gasteiger partial charge in [-0.3, -0.25) is 0 Å². The van der Waals surface area contributed by atoms with Gasteiger partial charge < -0.3 is 0 Å². The molecule has 0 saturated carbocycles. The molecular weight excluding hydrogens is 124 g/mol. The maximum atomic E-state index is 5.39. The van der Waals surface area contributed by atoms with Crippen LogP contribution in [0.15, 0.2) is 0 Å². The van der Waals surface area contributed by atoms with Crippen LogP contribution in [0, 0.1) is 12.0 Å². The lowest BCUT2D eigenvalue weighted by Crippen LogP contribution is -2.18. The van der Waals surface area contributed by atoms with Crippen LogP contribution in [-0.4, -0.2) is 8.80 Å². The fraction of sp³-hybridized carbons (Fsp3) is 0.750. The van der Waals surface area contributed by atoms with Gasteiger partial charge in [0, 0.05) is 0 Å². The summed E-state index contributed by atoms with van der Waals surface area (Å²) in [6.07, 6.45) is 5.39. The Hall–Kier alpha value is -0.223. The van der Waals surface area contributed by atoms with Crippen molar-refractivity contribution < 1.29 is 0 Å². The van der Waals surface area contributed by atoms with Crippen LogP contribution >= 0.6 is 0 Å². The Labute approximate surface area is 60.3 Å². The van der Waals surface area contributed by atoms with Crippen LogP contribution < -0.4 is 0 Å². The molecule has 0 fully saturated rings. The van der Waals surface area contributed by atoms with Gasteiger partial charge in [0.25, 0.3) is 0 Å². The predicted octanol–water partition coefficient (Wildman–Crippen LogP) is 2.21. The van der Waals surface area contributed by atoms with Crippen LogP contribution in [0.5, 0.6) is 0 Å². The molecule has 0 aliphatic carbocycles. The summed E-state index contributed by atoms with van der Waals surface area (Å²) in [4.78, 5) is 0. The van der Waals surface area contributed by atoms with Crippen molar-refractivity contribution in [3.05, 3.63) is 0 Å². The second kappa shape index (κ2) is 3.74. The highest BCUT2D eigenvalue weighted by Crippen LogP contribution is 2.18. The predicted molar refractivity (Wildman–Crippen MR) is 46.2 cm³/mol. The van der Waals surface area contributed by atoms with Crippen LogP contribution in [0.1, 0.15) is 27.7 Å². The molecular formula is C8H16Si. The van der Waals surface area contributed by atoms with Crippen molar-refractivity contribution in [1.29, 1.82) is 0 Å². The van der Waals surface area contributed by atoms with Crippen LogP contribution in [0.25, 0.3) is 0 Å². The molecule has 0 nitrogen and oxygen atoms in total. The molecule has 0 bridgehead atoms. The van der Waals surface area contributed by atoms with Gasteiger partial charge in [0.15, 0.2) is 0 Å². The Bertz CT molecular complexity index is 100. The van der Waals surface area contributed by atoms with E-state index in [0.29, 0.717) is 0 Å². The van der Waals surface area contributed by atoms with Gasteiger partial charge in [0.2, 0.25) is 0 Å². The number of terminal acetylenes is 1. The highest BCUT2D eigenvalue weighted by atomic mass is 28.3. The number of hydrogen-bond acceptors (Lipinski definition) is 0. The topological polar surface area (TPSA) is 0 Å². The third kappa shape index (κ3) is 2.72. The molecule has 0 N–H and O–H groups in total. The van der Waals surface area contributed by atoms with Gasteiger partial charge >= 0.3 is 0 Å². The molecule has 0 rings (SSSR count). The molecule has 0 heterocycles. The first-order valence-corrected chi connectivity index (χ1v) is 5.46. The molecule has 1 heteroatoms. The van der Waals surface area contributed by atoms with E-state index in [9.17, 15) is 0 Å². The Morgan fingerprint density at radius 1 is 1.11 bits per heavy atom. The van der Waals surface area contributed by atoms with E-state index in [4.69, 9.17) is 6.42 Å².